The van der Waals surface area contributed by atoms with Gasteiger partial charge in [0, 0.05) is 38.0 Å². The summed E-state index contributed by atoms with van der Waals surface area (Å²) in [7, 11) is 0. The molecule has 0 aliphatic carbocycles. The second-order valence-corrected chi connectivity index (χ2v) is 6.01. The van der Waals surface area contributed by atoms with Crippen molar-refractivity contribution in [2.24, 2.45) is 11.8 Å². The number of aliphatic hydroxyl groups is 2. The van der Waals surface area contributed by atoms with Gasteiger partial charge < -0.3 is 20.4 Å². The molecule has 1 amide bonds. The summed E-state index contributed by atoms with van der Waals surface area (Å²) in [6.07, 6.45) is 0.996. The van der Waals surface area contributed by atoms with Crippen molar-refractivity contribution in [2.45, 2.75) is 45.8 Å². The SMILES string of the molecule is CC(C)CC(=O)N1CC(NCCO)CC(C(C)O)C1. The first-order valence-corrected chi connectivity index (χ1v) is 7.24. The minimum absolute atomic E-state index is 0.0930. The second-order valence-electron chi connectivity index (χ2n) is 6.01. The summed E-state index contributed by atoms with van der Waals surface area (Å²) in [5.74, 6) is 0.625. The molecule has 1 saturated heterocycles. The van der Waals surface area contributed by atoms with Gasteiger partial charge in [0.1, 0.15) is 0 Å². The number of nitrogens with zero attached hydrogens (tertiary/aromatic N) is 1. The quantitative estimate of drug-likeness (QED) is 0.646. The number of piperidine rings is 1. The van der Waals surface area contributed by atoms with Gasteiger partial charge >= 0.3 is 0 Å². The van der Waals surface area contributed by atoms with Gasteiger partial charge in [-0.3, -0.25) is 4.79 Å². The van der Waals surface area contributed by atoms with Gasteiger partial charge in [0.15, 0.2) is 0 Å². The van der Waals surface area contributed by atoms with Crippen LogP contribution in [0.1, 0.15) is 33.6 Å². The molecule has 1 aliphatic heterocycles. The number of aliphatic hydroxyl groups excluding tert-OH is 2. The predicted octanol–water partition coefficient (Wildman–Crippen LogP) is 0.212. The van der Waals surface area contributed by atoms with Crippen molar-refractivity contribution in [3.63, 3.8) is 0 Å². The van der Waals surface area contributed by atoms with E-state index in [0.29, 0.717) is 32.0 Å². The molecule has 112 valence electrons. The molecule has 0 aromatic rings. The highest BCUT2D eigenvalue weighted by Crippen LogP contribution is 2.21. The Bertz CT molecular complexity index is 282. The van der Waals surface area contributed by atoms with E-state index in [2.05, 4.69) is 5.32 Å². The first-order chi connectivity index (χ1) is 8.93. The summed E-state index contributed by atoms with van der Waals surface area (Å²) in [6.45, 7) is 7.80. The summed E-state index contributed by atoms with van der Waals surface area (Å²) in [5.41, 5.74) is 0. The lowest BCUT2D eigenvalue weighted by Gasteiger charge is -2.39. The van der Waals surface area contributed by atoms with Crippen LogP contribution in [0.3, 0.4) is 0 Å². The standard InChI is InChI=1S/C14H28N2O3/c1-10(2)6-14(19)16-8-12(11(3)18)7-13(9-16)15-4-5-17/h10-13,15,17-18H,4-9H2,1-3H3. The van der Waals surface area contributed by atoms with Crippen LogP contribution in [0.15, 0.2) is 0 Å². The van der Waals surface area contributed by atoms with E-state index in [1.54, 1.807) is 6.92 Å². The summed E-state index contributed by atoms with van der Waals surface area (Å²) in [6, 6.07) is 0.164. The number of amides is 1. The molecule has 0 radical (unpaired) electrons. The van der Waals surface area contributed by atoms with Crippen LogP contribution in [0, 0.1) is 11.8 Å². The maximum Gasteiger partial charge on any atom is 0.222 e. The zero-order valence-corrected chi connectivity index (χ0v) is 12.3. The Kier molecular flexibility index (Phi) is 6.75. The molecule has 0 aromatic heterocycles. The number of hydrogen-bond acceptors (Lipinski definition) is 4. The molecular formula is C14H28N2O3. The van der Waals surface area contributed by atoms with Crippen LogP contribution in [-0.4, -0.2) is 59.4 Å². The van der Waals surface area contributed by atoms with Crippen molar-refractivity contribution in [1.29, 1.82) is 0 Å². The van der Waals surface area contributed by atoms with Gasteiger partial charge in [-0.2, -0.15) is 0 Å². The summed E-state index contributed by atoms with van der Waals surface area (Å²) in [4.78, 5) is 14.0. The molecule has 3 unspecified atom stereocenters. The molecule has 0 spiro atoms. The summed E-state index contributed by atoms with van der Waals surface area (Å²) < 4.78 is 0. The topological polar surface area (TPSA) is 72.8 Å². The fraction of sp³-hybridized carbons (Fsp3) is 0.929. The van der Waals surface area contributed by atoms with Gasteiger partial charge in [-0.25, -0.2) is 0 Å². The highest BCUT2D eigenvalue weighted by atomic mass is 16.3. The van der Waals surface area contributed by atoms with Crippen molar-refractivity contribution < 1.29 is 15.0 Å². The molecule has 3 N–H and O–H groups in total. The van der Waals surface area contributed by atoms with Gasteiger partial charge in [-0.1, -0.05) is 13.8 Å². The number of carbonyl (C=O) groups is 1. The molecule has 1 aliphatic rings. The number of rotatable bonds is 6. The van der Waals surface area contributed by atoms with E-state index in [9.17, 15) is 9.90 Å². The monoisotopic (exact) mass is 272 g/mol. The highest BCUT2D eigenvalue weighted by Gasteiger charge is 2.31. The minimum atomic E-state index is -0.409. The fourth-order valence-corrected chi connectivity index (χ4v) is 2.59. The largest absolute Gasteiger partial charge is 0.395 e. The smallest absolute Gasteiger partial charge is 0.222 e. The average Bonchev–Trinajstić information content (AvgIpc) is 2.35. The van der Waals surface area contributed by atoms with Crippen LogP contribution >= 0.6 is 0 Å². The van der Waals surface area contributed by atoms with E-state index in [1.807, 2.05) is 18.7 Å². The first-order valence-electron chi connectivity index (χ1n) is 7.24. The molecule has 1 heterocycles. The zero-order chi connectivity index (χ0) is 14.4. The van der Waals surface area contributed by atoms with Gasteiger partial charge in [0.2, 0.25) is 5.91 Å². The van der Waals surface area contributed by atoms with Crippen LogP contribution in [0.2, 0.25) is 0 Å². The van der Waals surface area contributed by atoms with Crippen molar-refractivity contribution in [2.75, 3.05) is 26.2 Å². The highest BCUT2D eigenvalue weighted by molar-refractivity contribution is 5.76. The lowest BCUT2D eigenvalue weighted by Crippen LogP contribution is -2.53. The van der Waals surface area contributed by atoms with Gasteiger partial charge in [0.25, 0.3) is 0 Å². The molecule has 5 heteroatoms. The van der Waals surface area contributed by atoms with E-state index in [1.165, 1.54) is 0 Å². The molecular weight excluding hydrogens is 244 g/mol. The average molecular weight is 272 g/mol. The number of nitrogens with one attached hydrogen (secondary N) is 1. The molecule has 5 nitrogen and oxygen atoms in total. The molecule has 1 fully saturated rings. The zero-order valence-electron chi connectivity index (χ0n) is 12.3. The van der Waals surface area contributed by atoms with Gasteiger partial charge in [-0.05, 0) is 19.3 Å². The Morgan fingerprint density at radius 2 is 2.05 bits per heavy atom. The van der Waals surface area contributed by atoms with E-state index in [4.69, 9.17) is 5.11 Å². The van der Waals surface area contributed by atoms with Crippen LogP contribution in [0.5, 0.6) is 0 Å². The third-order valence-electron chi connectivity index (χ3n) is 3.65. The number of likely N-dealkylation sites (tertiary alicyclic amines) is 1. The summed E-state index contributed by atoms with van der Waals surface area (Å²) >= 11 is 0. The van der Waals surface area contributed by atoms with Crippen LogP contribution in [-0.2, 0) is 4.79 Å². The third kappa shape index (κ3) is 5.47. The Labute approximate surface area is 116 Å². The van der Waals surface area contributed by atoms with Crippen molar-refractivity contribution in [1.82, 2.24) is 10.2 Å². The van der Waals surface area contributed by atoms with Crippen LogP contribution in [0.25, 0.3) is 0 Å². The van der Waals surface area contributed by atoms with Gasteiger partial charge in [0.05, 0.1) is 12.7 Å². The predicted molar refractivity (Wildman–Crippen MR) is 74.7 cm³/mol. The van der Waals surface area contributed by atoms with Crippen LogP contribution in [0.4, 0.5) is 0 Å². The number of carbonyl (C=O) groups excluding carboxylic acids is 1. The summed E-state index contributed by atoms with van der Waals surface area (Å²) in [5, 5.41) is 21.9. The Morgan fingerprint density at radius 1 is 1.37 bits per heavy atom. The van der Waals surface area contributed by atoms with Crippen molar-refractivity contribution >= 4 is 5.91 Å². The normalized spacial score (nSPS) is 25.7. The molecule has 1 rings (SSSR count). The third-order valence-corrected chi connectivity index (χ3v) is 3.65. The first kappa shape index (κ1) is 16.4. The fourth-order valence-electron chi connectivity index (χ4n) is 2.59. The molecule has 0 saturated carbocycles. The Hall–Kier alpha value is -0.650. The van der Waals surface area contributed by atoms with E-state index < -0.39 is 6.10 Å². The van der Waals surface area contributed by atoms with Crippen LogP contribution < -0.4 is 5.32 Å². The molecule has 19 heavy (non-hydrogen) atoms. The van der Waals surface area contributed by atoms with E-state index in [-0.39, 0.29) is 24.5 Å². The maximum atomic E-state index is 12.2. The Morgan fingerprint density at radius 3 is 2.58 bits per heavy atom. The Balaban J connectivity index is 2.61. The maximum absolute atomic E-state index is 12.2. The van der Waals surface area contributed by atoms with E-state index in [0.717, 1.165) is 6.42 Å². The van der Waals surface area contributed by atoms with Crippen molar-refractivity contribution in [3.8, 4) is 0 Å². The van der Waals surface area contributed by atoms with E-state index >= 15 is 0 Å². The lowest BCUT2D eigenvalue weighted by molar-refractivity contribution is -0.135. The van der Waals surface area contributed by atoms with Gasteiger partial charge in [-0.15, -0.1) is 0 Å². The molecule has 0 bridgehead atoms. The minimum Gasteiger partial charge on any atom is -0.395 e. The molecule has 0 aromatic carbocycles. The molecule has 3 atom stereocenters. The van der Waals surface area contributed by atoms with Crippen molar-refractivity contribution in [3.05, 3.63) is 0 Å². The lowest BCUT2D eigenvalue weighted by atomic mass is 9.89. The second kappa shape index (κ2) is 7.82. The number of hydrogen-bond donors (Lipinski definition) is 3.